The van der Waals surface area contributed by atoms with Gasteiger partial charge in [0.25, 0.3) is 0 Å². The van der Waals surface area contributed by atoms with E-state index in [1.54, 1.807) is 0 Å². The minimum Gasteiger partial charge on any atom is -0.251 e. The molecule has 0 aromatic carbocycles. The molecule has 2 aliphatic rings. The third-order valence-electron chi connectivity index (χ3n) is 2.45. The second-order valence-electron chi connectivity index (χ2n) is 3.37. The molecule has 11 heavy (non-hydrogen) atoms. The summed E-state index contributed by atoms with van der Waals surface area (Å²) >= 11 is 0. The number of amidine groups is 1. The zero-order valence-electron chi connectivity index (χ0n) is 6.84. The largest absolute Gasteiger partial charge is 0.251 e. The van der Waals surface area contributed by atoms with Crippen molar-refractivity contribution in [3.05, 3.63) is 0 Å². The van der Waals surface area contributed by atoms with Crippen molar-refractivity contribution in [3.8, 4) is 0 Å². The summed E-state index contributed by atoms with van der Waals surface area (Å²) in [5.74, 6) is 1.59. The Kier molecular flexibility index (Phi) is 1.82. The van der Waals surface area contributed by atoms with E-state index in [1.807, 2.05) is 6.92 Å². The predicted octanol–water partition coefficient (Wildman–Crippen LogP) is 1.46. The first kappa shape index (κ1) is 7.10. The van der Waals surface area contributed by atoms with Gasteiger partial charge in [0.15, 0.2) is 6.23 Å². The fourth-order valence-electron chi connectivity index (χ4n) is 1.83. The van der Waals surface area contributed by atoms with E-state index in [0.717, 1.165) is 5.84 Å². The number of hydrogen-bond acceptors (Lipinski definition) is 3. The molecule has 0 bridgehead atoms. The van der Waals surface area contributed by atoms with Gasteiger partial charge in [-0.3, -0.25) is 5.48 Å². The molecular weight excluding hydrogens is 140 g/mol. The zero-order chi connectivity index (χ0) is 7.68. The molecule has 0 amide bonds. The van der Waals surface area contributed by atoms with Gasteiger partial charge in [0.2, 0.25) is 0 Å². The molecule has 3 heteroatoms. The zero-order valence-corrected chi connectivity index (χ0v) is 6.84. The summed E-state index contributed by atoms with van der Waals surface area (Å²) in [5, 5.41) is 0. The Labute approximate surface area is 66.8 Å². The third kappa shape index (κ3) is 1.38. The van der Waals surface area contributed by atoms with E-state index in [4.69, 9.17) is 4.84 Å². The Morgan fingerprint density at radius 2 is 2.18 bits per heavy atom. The SMILES string of the molecule is CC1=NC(C2CCCC2)ON1. The van der Waals surface area contributed by atoms with Crippen LogP contribution < -0.4 is 5.48 Å². The van der Waals surface area contributed by atoms with Crippen LogP contribution in [0, 0.1) is 5.92 Å². The lowest BCUT2D eigenvalue weighted by atomic mass is 10.1. The minimum absolute atomic E-state index is 0.109. The quantitative estimate of drug-likeness (QED) is 0.620. The number of rotatable bonds is 1. The van der Waals surface area contributed by atoms with E-state index in [0.29, 0.717) is 5.92 Å². The molecule has 0 aromatic heterocycles. The van der Waals surface area contributed by atoms with Crippen molar-refractivity contribution in [1.29, 1.82) is 0 Å². The van der Waals surface area contributed by atoms with Crippen molar-refractivity contribution in [3.63, 3.8) is 0 Å². The standard InChI is InChI=1S/C8H14N2O/c1-6-9-8(11-10-6)7-4-2-3-5-7/h7-8H,2-5H2,1H3,(H,9,10). The van der Waals surface area contributed by atoms with Gasteiger partial charge in [-0.05, 0) is 19.8 Å². The van der Waals surface area contributed by atoms with Crippen molar-refractivity contribution < 1.29 is 4.84 Å². The topological polar surface area (TPSA) is 33.6 Å². The summed E-state index contributed by atoms with van der Waals surface area (Å²) in [5.41, 5.74) is 2.80. The van der Waals surface area contributed by atoms with Gasteiger partial charge in [0.1, 0.15) is 5.84 Å². The number of hydroxylamine groups is 1. The normalized spacial score (nSPS) is 32.1. The van der Waals surface area contributed by atoms with Crippen LogP contribution in [0.5, 0.6) is 0 Å². The highest BCUT2D eigenvalue weighted by Gasteiger charge is 2.28. The van der Waals surface area contributed by atoms with Crippen molar-refractivity contribution in [2.24, 2.45) is 10.9 Å². The molecule has 0 radical (unpaired) electrons. The van der Waals surface area contributed by atoms with Crippen LogP contribution in [0.3, 0.4) is 0 Å². The van der Waals surface area contributed by atoms with E-state index in [1.165, 1.54) is 25.7 Å². The van der Waals surface area contributed by atoms with Gasteiger partial charge in [-0.2, -0.15) is 0 Å². The third-order valence-corrected chi connectivity index (χ3v) is 2.45. The monoisotopic (exact) mass is 154 g/mol. The Morgan fingerprint density at radius 3 is 2.73 bits per heavy atom. The average molecular weight is 154 g/mol. The van der Waals surface area contributed by atoms with Crippen LogP contribution >= 0.6 is 0 Å². The van der Waals surface area contributed by atoms with Crippen LogP contribution in [0.15, 0.2) is 4.99 Å². The highest BCUT2D eigenvalue weighted by molar-refractivity contribution is 5.79. The summed E-state index contributed by atoms with van der Waals surface area (Å²) in [4.78, 5) is 9.65. The molecule has 2 rings (SSSR count). The molecule has 1 heterocycles. The lowest BCUT2D eigenvalue weighted by Crippen LogP contribution is -2.20. The van der Waals surface area contributed by atoms with Gasteiger partial charge in [0, 0.05) is 5.92 Å². The molecular formula is C8H14N2O. The molecule has 1 atom stereocenters. The summed E-state index contributed by atoms with van der Waals surface area (Å²) in [6.07, 6.45) is 5.36. The molecule has 0 saturated heterocycles. The first-order chi connectivity index (χ1) is 5.36. The van der Waals surface area contributed by atoms with Crippen LogP contribution in [0.2, 0.25) is 0 Å². The van der Waals surface area contributed by atoms with Crippen LogP contribution in [0.4, 0.5) is 0 Å². The van der Waals surface area contributed by atoms with E-state index in [-0.39, 0.29) is 6.23 Å². The summed E-state index contributed by atoms with van der Waals surface area (Å²) in [6, 6.07) is 0. The second kappa shape index (κ2) is 2.81. The van der Waals surface area contributed by atoms with Crippen LogP contribution in [0.25, 0.3) is 0 Å². The summed E-state index contributed by atoms with van der Waals surface area (Å²) < 4.78 is 0. The van der Waals surface area contributed by atoms with Crippen molar-refractivity contribution in [2.75, 3.05) is 0 Å². The smallest absolute Gasteiger partial charge is 0.179 e. The summed E-state index contributed by atoms with van der Waals surface area (Å²) in [7, 11) is 0. The number of aliphatic imine (C=N–C) groups is 1. The summed E-state index contributed by atoms with van der Waals surface area (Å²) in [6.45, 7) is 1.94. The molecule has 1 unspecified atom stereocenters. The van der Waals surface area contributed by atoms with Gasteiger partial charge >= 0.3 is 0 Å². The predicted molar refractivity (Wildman–Crippen MR) is 43.1 cm³/mol. The Balaban J connectivity index is 1.95. The molecule has 1 saturated carbocycles. The van der Waals surface area contributed by atoms with E-state index in [9.17, 15) is 0 Å². The Bertz CT molecular complexity index is 173. The van der Waals surface area contributed by atoms with Crippen molar-refractivity contribution in [2.45, 2.75) is 38.8 Å². The van der Waals surface area contributed by atoms with Gasteiger partial charge in [-0.25, -0.2) is 9.83 Å². The second-order valence-corrected chi connectivity index (χ2v) is 3.37. The van der Waals surface area contributed by atoms with Crippen LogP contribution in [-0.4, -0.2) is 12.1 Å². The molecule has 0 aromatic rings. The number of nitrogens with one attached hydrogen (secondary N) is 1. The highest BCUT2D eigenvalue weighted by Crippen LogP contribution is 2.30. The molecule has 0 spiro atoms. The van der Waals surface area contributed by atoms with Crippen molar-refractivity contribution in [1.82, 2.24) is 5.48 Å². The molecule has 1 aliphatic carbocycles. The fraction of sp³-hybridized carbons (Fsp3) is 0.875. The average Bonchev–Trinajstić information content (AvgIpc) is 2.55. The maximum Gasteiger partial charge on any atom is 0.179 e. The van der Waals surface area contributed by atoms with E-state index in [2.05, 4.69) is 10.5 Å². The first-order valence-corrected chi connectivity index (χ1v) is 4.32. The number of nitrogens with zero attached hydrogens (tertiary/aromatic N) is 1. The first-order valence-electron chi connectivity index (χ1n) is 4.32. The molecule has 3 nitrogen and oxygen atoms in total. The lowest BCUT2D eigenvalue weighted by Gasteiger charge is -2.12. The van der Waals surface area contributed by atoms with Crippen molar-refractivity contribution >= 4 is 5.84 Å². The van der Waals surface area contributed by atoms with E-state index < -0.39 is 0 Å². The molecule has 1 fully saturated rings. The molecule has 1 N–H and O–H groups in total. The van der Waals surface area contributed by atoms with Gasteiger partial charge in [0.05, 0.1) is 0 Å². The lowest BCUT2D eigenvalue weighted by molar-refractivity contribution is 0.00274. The molecule has 1 aliphatic heterocycles. The van der Waals surface area contributed by atoms with E-state index >= 15 is 0 Å². The van der Waals surface area contributed by atoms with Gasteiger partial charge in [-0.15, -0.1) is 0 Å². The maximum atomic E-state index is 5.30. The van der Waals surface area contributed by atoms with Gasteiger partial charge < -0.3 is 0 Å². The van der Waals surface area contributed by atoms with Gasteiger partial charge in [-0.1, -0.05) is 12.8 Å². The molecule has 62 valence electrons. The maximum absolute atomic E-state index is 5.30. The number of hydrogen-bond donors (Lipinski definition) is 1. The Morgan fingerprint density at radius 1 is 1.45 bits per heavy atom. The minimum atomic E-state index is 0.109. The van der Waals surface area contributed by atoms with Crippen LogP contribution in [-0.2, 0) is 4.84 Å². The Hall–Kier alpha value is -0.570. The highest BCUT2D eigenvalue weighted by atomic mass is 16.7. The fourth-order valence-corrected chi connectivity index (χ4v) is 1.83. The van der Waals surface area contributed by atoms with Crippen LogP contribution in [0.1, 0.15) is 32.6 Å².